The number of aromatic nitrogens is 1. The van der Waals surface area contributed by atoms with E-state index in [-0.39, 0.29) is 0 Å². The summed E-state index contributed by atoms with van der Waals surface area (Å²) in [5, 5.41) is 1.60. The van der Waals surface area contributed by atoms with Crippen LogP contribution in [-0.4, -0.2) is 28.5 Å². The smallest absolute Gasteiger partial charge is 0.105 e. The number of hydrogen-bond acceptors (Lipinski definition) is 3. The van der Waals surface area contributed by atoms with Crippen molar-refractivity contribution in [1.82, 2.24) is 9.88 Å². The SMILES string of the molecule is CN1CCc2nc3c(Cl)cccc3c(C(N)=S)c2C1. The average Bonchev–Trinajstić information content (AvgIpc) is 2.36. The summed E-state index contributed by atoms with van der Waals surface area (Å²) in [6.07, 6.45) is 0.905. The molecule has 2 N–H and O–H groups in total. The highest BCUT2D eigenvalue weighted by Gasteiger charge is 2.22. The van der Waals surface area contributed by atoms with Crippen LogP contribution in [0.5, 0.6) is 0 Å². The fourth-order valence-corrected chi connectivity index (χ4v) is 3.09. The van der Waals surface area contributed by atoms with E-state index in [1.54, 1.807) is 0 Å². The molecule has 0 spiro atoms. The number of para-hydroxylation sites is 1. The van der Waals surface area contributed by atoms with Crippen LogP contribution in [0, 0.1) is 0 Å². The van der Waals surface area contributed by atoms with Crippen LogP contribution >= 0.6 is 23.8 Å². The molecule has 0 amide bonds. The van der Waals surface area contributed by atoms with E-state index in [0.717, 1.165) is 47.2 Å². The van der Waals surface area contributed by atoms with Crippen LogP contribution < -0.4 is 5.73 Å². The van der Waals surface area contributed by atoms with Gasteiger partial charge in [0.2, 0.25) is 0 Å². The Bertz CT molecular complexity index is 684. The number of halogens is 1. The molecule has 1 aliphatic rings. The van der Waals surface area contributed by atoms with Gasteiger partial charge in [0.25, 0.3) is 0 Å². The molecule has 2 heterocycles. The molecule has 2 aromatic rings. The summed E-state index contributed by atoms with van der Waals surface area (Å²) in [6.45, 7) is 1.82. The maximum atomic E-state index is 6.25. The van der Waals surface area contributed by atoms with E-state index < -0.39 is 0 Å². The van der Waals surface area contributed by atoms with Gasteiger partial charge in [0.1, 0.15) is 4.99 Å². The average molecular weight is 292 g/mol. The van der Waals surface area contributed by atoms with Gasteiger partial charge in [-0.2, -0.15) is 0 Å². The van der Waals surface area contributed by atoms with Crippen LogP contribution in [0.25, 0.3) is 10.9 Å². The Morgan fingerprint density at radius 1 is 1.47 bits per heavy atom. The summed E-state index contributed by atoms with van der Waals surface area (Å²) < 4.78 is 0. The Balaban J connectivity index is 2.40. The van der Waals surface area contributed by atoms with Gasteiger partial charge < -0.3 is 10.6 Å². The molecule has 98 valence electrons. The van der Waals surface area contributed by atoms with Crippen LogP contribution in [0.3, 0.4) is 0 Å². The minimum atomic E-state index is 0.418. The molecule has 19 heavy (non-hydrogen) atoms. The minimum absolute atomic E-state index is 0.418. The van der Waals surface area contributed by atoms with Crippen molar-refractivity contribution in [2.75, 3.05) is 13.6 Å². The molecule has 0 bridgehead atoms. The third-order valence-corrected chi connectivity index (χ3v) is 4.07. The number of benzene rings is 1. The van der Waals surface area contributed by atoms with Gasteiger partial charge in [-0.05, 0) is 18.7 Å². The van der Waals surface area contributed by atoms with E-state index in [1.807, 2.05) is 18.2 Å². The number of pyridine rings is 1. The third kappa shape index (κ3) is 2.10. The molecule has 3 rings (SSSR count). The lowest BCUT2D eigenvalue weighted by Crippen LogP contribution is -2.30. The monoisotopic (exact) mass is 291 g/mol. The van der Waals surface area contributed by atoms with Gasteiger partial charge in [-0.15, -0.1) is 0 Å². The first kappa shape index (κ1) is 12.8. The summed E-state index contributed by atoms with van der Waals surface area (Å²) in [4.78, 5) is 7.39. The first-order valence-electron chi connectivity index (χ1n) is 6.16. The Kier molecular flexibility index (Phi) is 3.17. The van der Waals surface area contributed by atoms with E-state index in [2.05, 4.69) is 11.9 Å². The molecule has 3 nitrogen and oxygen atoms in total. The lowest BCUT2D eigenvalue weighted by atomic mass is 9.96. The predicted octanol–water partition coefficient (Wildman–Crippen LogP) is 2.51. The second-order valence-electron chi connectivity index (χ2n) is 4.90. The zero-order chi connectivity index (χ0) is 13.6. The van der Waals surface area contributed by atoms with Crippen molar-refractivity contribution in [3.8, 4) is 0 Å². The van der Waals surface area contributed by atoms with Gasteiger partial charge in [-0.3, -0.25) is 4.98 Å². The van der Waals surface area contributed by atoms with Crippen molar-refractivity contribution in [2.24, 2.45) is 5.73 Å². The van der Waals surface area contributed by atoms with Gasteiger partial charge in [0.05, 0.1) is 10.5 Å². The number of likely N-dealkylation sites (N-methyl/N-ethyl adjacent to an activating group) is 1. The lowest BCUT2D eigenvalue weighted by Gasteiger charge is -2.27. The van der Waals surface area contributed by atoms with Gasteiger partial charge >= 0.3 is 0 Å². The van der Waals surface area contributed by atoms with Crippen LogP contribution in [0.2, 0.25) is 5.02 Å². The zero-order valence-electron chi connectivity index (χ0n) is 10.6. The third-order valence-electron chi connectivity index (χ3n) is 3.56. The maximum Gasteiger partial charge on any atom is 0.105 e. The fourth-order valence-electron chi connectivity index (χ4n) is 2.64. The van der Waals surface area contributed by atoms with Crippen LogP contribution in [-0.2, 0) is 13.0 Å². The Morgan fingerprint density at radius 2 is 2.26 bits per heavy atom. The van der Waals surface area contributed by atoms with Gasteiger partial charge in [-0.25, -0.2) is 0 Å². The fraction of sp³-hybridized carbons (Fsp3) is 0.286. The molecule has 0 radical (unpaired) electrons. The first-order chi connectivity index (χ1) is 9.08. The highest BCUT2D eigenvalue weighted by molar-refractivity contribution is 7.80. The largest absolute Gasteiger partial charge is 0.389 e. The molecule has 0 saturated carbocycles. The molecule has 0 aliphatic carbocycles. The van der Waals surface area contributed by atoms with Crippen molar-refractivity contribution in [2.45, 2.75) is 13.0 Å². The number of nitrogens with zero attached hydrogens (tertiary/aromatic N) is 2. The molecule has 0 fully saturated rings. The molecule has 1 aromatic carbocycles. The van der Waals surface area contributed by atoms with Crippen LogP contribution in [0.15, 0.2) is 18.2 Å². The summed E-state index contributed by atoms with van der Waals surface area (Å²) in [5.74, 6) is 0. The first-order valence-corrected chi connectivity index (χ1v) is 6.95. The molecular weight excluding hydrogens is 278 g/mol. The van der Waals surface area contributed by atoms with Gasteiger partial charge in [0, 0.05) is 36.2 Å². The standard InChI is InChI=1S/C14H14ClN3S/c1-18-6-5-11-9(7-18)12(14(16)19)8-3-2-4-10(15)13(8)17-11/h2-4H,5-7H2,1H3,(H2,16,19). The van der Waals surface area contributed by atoms with Crippen LogP contribution in [0.1, 0.15) is 16.8 Å². The molecule has 1 aromatic heterocycles. The Morgan fingerprint density at radius 3 is 3.00 bits per heavy atom. The number of nitrogens with two attached hydrogens (primary N) is 1. The maximum absolute atomic E-state index is 6.25. The summed E-state index contributed by atoms with van der Waals surface area (Å²) >= 11 is 11.5. The van der Waals surface area contributed by atoms with Crippen molar-refractivity contribution >= 4 is 39.7 Å². The van der Waals surface area contributed by atoms with Crippen molar-refractivity contribution in [3.05, 3.63) is 40.0 Å². The number of rotatable bonds is 1. The summed E-state index contributed by atoms with van der Waals surface area (Å²) in [5.41, 5.74) is 9.90. The molecule has 1 aliphatic heterocycles. The van der Waals surface area contributed by atoms with Gasteiger partial charge in [-0.1, -0.05) is 36.0 Å². The minimum Gasteiger partial charge on any atom is -0.389 e. The van der Waals surface area contributed by atoms with Crippen LogP contribution in [0.4, 0.5) is 0 Å². The lowest BCUT2D eigenvalue weighted by molar-refractivity contribution is 0.310. The Labute approximate surface area is 122 Å². The number of thiocarbonyl (C=S) groups is 1. The normalized spacial score (nSPS) is 15.5. The molecule has 0 atom stereocenters. The number of fused-ring (bicyclic) bond motifs is 2. The second kappa shape index (κ2) is 4.71. The summed E-state index contributed by atoms with van der Waals surface area (Å²) in [7, 11) is 2.09. The highest BCUT2D eigenvalue weighted by atomic mass is 35.5. The molecule has 5 heteroatoms. The predicted molar refractivity (Wildman–Crippen MR) is 82.7 cm³/mol. The highest BCUT2D eigenvalue weighted by Crippen LogP contribution is 2.30. The van der Waals surface area contributed by atoms with Crippen molar-refractivity contribution in [1.29, 1.82) is 0 Å². The molecule has 0 unspecified atom stereocenters. The Hall–Kier alpha value is -1.23. The van der Waals surface area contributed by atoms with Crippen molar-refractivity contribution < 1.29 is 0 Å². The second-order valence-corrected chi connectivity index (χ2v) is 5.75. The van der Waals surface area contributed by atoms with E-state index in [4.69, 9.17) is 34.5 Å². The van der Waals surface area contributed by atoms with E-state index >= 15 is 0 Å². The van der Waals surface area contributed by atoms with E-state index in [1.165, 1.54) is 0 Å². The molecular formula is C14H14ClN3S. The topological polar surface area (TPSA) is 42.2 Å². The number of hydrogen-bond donors (Lipinski definition) is 1. The van der Waals surface area contributed by atoms with E-state index in [0.29, 0.717) is 10.0 Å². The summed E-state index contributed by atoms with van der Waals surface area (Å²) in [6, 6.07) is 5.74. The van der Waals surface area contributed by atoms with Crippen molar-refractivity contribution in [3.63, 3.8) is 0 Å². The van der Waals surface area contributed by atoms with Gasteiger partial charge in [0.15, 0.2) is 0 Å². The van der Waals surface area contributed by atoms with E-state index in [9.17, 15) is 0 Å². The quantitative estimate of drug-likeness (QED) is 0.820. The molecule has 0 saturated heterocycles. The zero-order valence-corrected chi connectivity index (χ0v) is 12.2.